The maximum absolute atomic E-state index is 12.5. The van der Waals surface area contributed by atoms with Gasteiger partial charge in [0, 0.05) is 12.5 Å². The van der Waals surface area contributed by atoms with E-state index in [0.717, 1.165) is 5.56 Å². The molecule has 0 fully saturated rings. The van der Waals surface area contributed by atoms with Crippen LogP contribution in [0.5, 0.6) is 0 Å². The number of aryl methyl sites for hydroxylation is 2. The SMILES string of the molecule is Cc1nc(-c2ccc(S(=O)(=O)Nc3ccccc3Cl)cc2)c(C)o1. The zero-order valence-electron chi connectivity index (χ0n) is 13.1. The molecule has 0 aliphatic rings. The molecule has 0 saturated carbocycles. The highest BCUT2D eigenvalue weighted by molar-refractivity contribution is 7.92. The summed E-state index contributed by atoms with van der Waals surface area (Å²) >= 11 is 6.00. The van der Waals surface area contributed by atoms with E-state index < -0.39 is 10.0 Å². The van der Waals surface area contributed by atoms with E-state index in [1.54, 1.807) is 43.3 Å². The lowest BCUT2D eigenvalue weighted by Crippen LogP contribution is -2.13. The molecule has 1 heterocycles. The van der Waals surface area contributed by atoms with E-state index in [4.69, 9.17) is 16.0 Å². The average Bonchev–Trinajstić information content (AvgIpc) is 2.88. The van der Waals surface area contributed by atoms with Crippen LogP contribution < -0.4 is 4.72 Å². The van der Waals surface area contributed by atoms with Gasteiger partial charge in [0.05, 0.1) is 15.6 Å². The average molecular weight is 363 g/mol. The van der Waals surface area contributed by atoms with E-state index in [1.807, 2.05) is 6.92 Å². The van der Waals surface area contributed by atoms with Crippen LogP contribution >= 0.6 is 11.6 Å². The van der Waals surface area contributed by atoms with Gasteiger partial charge in [0.1, 0.15) is 11.5 Å². The summed E-state index contributed by atoms with van der Waals surface area (Å²) in [5.41, 5.74) is 1.84. The molecule has 7 heteroatoms. The number of anilines is 1. The number of rotatable bonds is 4. The van der Waals surface area contributed by atoms with Crippen molar-refractivity contribution in [2.24, 2.45) is 0 Å². The second kappa shape index (κ2) is 6.30. The zero-order valence-corrected chi connectivity index (χ0v) is 14.6. The van der Waals surface area contributed by atoms with Crippen LogP contribution in [0.15, 0.2) is 57.8 Å². The number of halogens is 1. The Hall–Kier alpha value is -2.31. The maximum atomic E-state index is 12.5. The van der Waals surface area contributed by atoms with Crippen LogP contribution in [-0.4, -0.2) is 13.4 Å². The Labute approximate surface area is 145 Å². The molecule has 0 unspecified atom stereocenters. The first-order chi connectivity index (χ1) is 11.4. The van der Waals surface area contributed by atoms with E-state index in [1.165, 1.54) is 12.1 Å². The van der Waals surface area contributed by atoms with Gasteiger partial charge in [-0.05, 0) is 31.2 Å². The van der Waals surface area contributed by atoms with Crippen molar-refractivity contribution >= 4 is 27.3 Å². The fourth-order valence-corrected chi connectivity index (χ4v) is 3.66. The highest BCUT2D eigenvalue weighted by Crippen LogP contribution is 2.27. The van der Waals surface area contributed by atoms with E-state index >= 15 is 0 Å². The third-order valence-electron chi connectivity index (χ3n) is 3.46. The van der Waals surface area contributed by atoms with Crippen LogP contribution in [0.4, 0.5) is 5.69 Å². The van der Waals surface area contributed by atoms with Crippen molar-refractivity contribution in [3.05, 3.63) is 65.2 Å². The lowest BCUT2D eigenvalue weighted by atomic mass is 10.1. The fraction of sp³-hybridized carbons (Fsp3) is 0.118. The molecule has 2 aromatic carbocycles. The summed E-state index contributed by atoms with van der Waals surface area (Å²) in [6.45, 7) is 3.59. The van der Waals surface area contributed by atoms with Crippen LogP contribution in [0.2, 0.25) is 5.02 Å². The number of hydrogen-bond acceptors (Lipinski definition) is 4. The first kappa shape index (κ1) is 16.5. The molecule has 0 aliphatic carbocycles. The summed E-state index contributed by atoms with van der Waals surface area (Å²) in [5.74, 6) is 1.26. The van der Waals surface area contributed by atoms with Gasteiger partial charge in [-0.2, -0.15) is 0 Å². The Morgan fingerprint density at radius 3 is 2.29 bits per heavy atom. The third kappa shape index (κ3) is 3.29. The minimum atomic E-state index is -3.72. The van der Waals surface area contributed by atoms with Crippen molar-refractivity contribution in [1.29, 1.82) is 0 Å². The number of hydrogen-bond donors (Lipinski definition) is 1. The van der Waals surface area contributed by atoms with E-state index in [2.05, 4.69) is 9.71 Å². The summed E-state index contributed by atoms with van der Waals surface area (Å²) in [4.78, 5) is 4.45. The minimum absolute atomic E-state index is 0.143. The van der Waals surface area contributed by atoms with E-state index in [0.29, 0.717) is 28.1 Å². The van der Waals surface area contributed by atoms with Gasteiger partial charge in [-0.1, -0.05) is 35.9 Å². The monoisotopic (exact) mass is 362 g/mol. The van der Waals surface area contributed by atoms with Crippen LogP contribution in [-0.2, 0) is 10.0 Å². The normalized spacial score (nSPS) is 11.5. The molecule has 0 amide bonds. The summed E-state index contributed by atoms with van der Waals surface area (Å²) in [6.07, 6.45) is 0. The van der Waals surface area contributed by atoms with Crippen molar-refractivity contribution in [2.45, 2.75) is 18.7 Å². The third-order valence-corrected chi connectivity index (χ3v) is 5.17. The predicted octanol–water partition coefficient (Wildman–Crippen LogP) is 4.41. The molecular weight excluding hydrogens is 348 g/mol. The minimum Gasteiger partial charge on any atom is -0.446 e. The van der Waals surface area contributed by atoms with Gasteiger partial charge in [-0.15, -0.1) is 0 Å². The highest BCUT2D eigenvalue weighted by atomic mass is 35.5. The second-order valence-corrected chi connectivity index (χ2v) is 7.34. The highest BCUT2D eigenvalue weighted by Gasteiger charge is 2.16. The van der Waals surface area contributed by atoms with Crippen LogP contribution in [0.25, 0.3) is 11.3 Å². The molecule has 24 heavy (non-hydrogen) atoms. The topological polar surface area (TPSA) is 72.2 Å². The van der Waals surface area contributed by atoms with E-state index in [-0.39, 0.29) is 4.90 Å². The summed E-state index contributed by atoms with van der Waals surface area (Å²) in [6, 6.07) is 13.1. The molecule has 5 nitrogen and oxygen atoms in total. The number of benzene rings is 2. The Kier molecular flexibility index (Phi) is 4.34. The lowest BCUT2D eigenvalue weighted by Gasteiger charge is -2.09. The number of para-hydroxylation sites is 1. The Bertz CT molecular complexity index is 979. The van der Waals surface area contributed by atoms with Crippen molar-refractivity contribution in [1.82, 2.24) is 4.98 Å². The van der Waals surface area contributed by atoms with E-state index in [9.17, 15) is 8.42 Å². The van der Waals surface area contributed by atoms with Gasteiger partial charge in [-0.3, -0.25) is 4.72 Å². The van der Waals surface area contributed by atoms with Gasteiger partial charge >= 0.3 is 0 Å². The number of sulfonamides is 1. The Balaban J connectivity index is 1.90. The molecule has 3 aromatic rings. The molecule has 0 radical (unpaired) electrons. The Morgan fingerprint density at radius 1 is 1.04 bits per heavy atom. The Morgan fingerprint density at radius 2 is 1.71 bits per heavy atom. The molecule has 3 rings (SSSR count). The lowest BCUT2D eigenvalue weighted by molar-refractivity contribution is 0.495. The molecule has 0 saturated heterocycles. The molecule has 1 N–H and O–H groups in total. The van der Waals surface area contributed by atoms with Crippen molar-refractivity contribution in [3.63, 3.8) is 0 Å². The standard InChI is InChI=1S/C17H15ClN2O3S/c1-11-17(19-12(2)23-11)13-7-9-14(10-8-13)24(21,22)20-16-6-4-3-5-15(16)18/h3-10,20H,1-2H3. The van der Waals surface area contributed by atoms with Crippen molar-refractivity contribution < 1.29 is 12.8 Å². The number of oxazole rings is 1. The zero-order chi connectivity index (χ0) is 17.3. The summed E-state index contributed by atoms with van der Waals surface area (Å²) in [5, 5.41) is 0.339. The molecule has 0 atom stereocenters. The molecule has 0 bridgehead atoms. The molecular formula is C17H15ClN2O3S. The van der Waals surface area contributed by atoms with Crippen LogP contribution in [0.3, 0.4) is 0 Å². The first-order valence-electron chi connectivity index (χ1n) is 7.18. The van der Waals surface area contributed by atoms with Crippen molar-refractivity contribution in [3.8, 4) is 11.3 Å². The molecule has 124 valence electrons. The predicted molar refractivity (Wildman–Crippen MR) is 93.7 cm³/mol. The number of nitrogens with zero attached hydrogens (tertiary/aromatic N) is 1. The molecule has 0 aliphatic heterocycles. The first-order valence-corrected chi connectivity index (χ1v) is 9.05. The van der Waals surface area contributed by atoms with Gasteiger partial charge < -0.3 is 4.42 Å². The van der Waals surface area contributed by atoms with Crippen molar-refractivity contribution in [2.75, 3.05) is 4.72 Å². The van der Waals surface area contributed by atoms with Crippen LogP contribution in [0.1, 0.15) is 11.7 Å². The van der Waals surface area contributed by atoms with Gasteiger partial charge in [0.25, 0.3) is 10.0 Å². The summed E-state index contributed by atoms with van der Waals surface area (Å²) in [7, 11) is -3.72. The fourth-order valence-electron chi connectivity index (χ4n) is 2.34. The largest absolute Gasteiger partial charge is 0.446 e. The molecule has 0 spiro atoms. The van der Waals surface area contributed by atoms with Gasteiger partial charge in [-0.25, -0.2) is 13.4 Å². The second-order valence-electron chi connectivity index (χ2n) is 5.25. The van der Waals surface area contributed by atoms with Gasteiger partial charge in [0.15, 0.2) is 5.89 Å². The molecule has 1 aromatic heterocycles. The smallest absolute Gasteiger partial charge is 0.261 e. The van der Waals surface area contributed by atoms with Crippen LogP contribution in [0, 0.1) is 13.8 Å². The number of aromatic nitrogens is 1. The maximum Gasteiger partial charge on any atom is 0.261 e. The quantitative estimate of drug-likeness (QED) is 0.746. The summed E-state index contributed by atoms with van der Waals surface area (Å²) < 4.78 is 32.8. The van der Waals surface area contributed by atoms with Gasteiger partial charge in [0.2, 0.25) is 0 Å². The number of nitrogens with one attached hydrogen (secondary N) is 1.